The van der Waals surface area contributed by atoms with E-state index in [9.17, 15) is 0 Å². The molecule has 1 fully saturated rings. The summed E-state index contributed by atoms with van der Waals surface area (Å²) in [6.45, 7) is 7.11. The van der Waals surface area contributed by atoms with E-state index in [0.717, 1.165) is 0 Å². The van der Waals surface area contributed by atoms with Gasteiger partial charge < -0.3 is 0 Å². The maximum absolute atomic E-state index is 2.94. The Morgan fingerprint density at radius 3 is 1.84 bits per heavy atom. The zero-order chi connectivity index (χ0) is 14.0. The summed E-state index contributed by atoms with van der Waals surface area (Å²) in [4.78, 5) is 1.80. The molecule has 1 heterocycles. The first kappa shape index (κ1) is 17.9. The van der Waals surface area contributed by atoms with Crippen LogP contribution in [-0.4, -0.2) is 24.1 Å². The molecule has 0 amide bonds. The summed E-state index contributed by atoms with van der Waals surface area (Å²) in [6.07, 6.45) is 11.5. The van der Waals surface area contributed by atoms with Crippen LogP contribution in [0.25, 0.3) is 0 Å². The quantitative estimate of drug-likeness (QED) is 0.371. The number of allylic oxidation sites excluding steroid dienone is 1. The third-order valence-electron chi connectivity index (χ3n) is 4.41. The molecule has 112 valence electrons. The summed E-state index contributed by atoms with van der Waals surface area (Å²) >= 11 is 0.236. The van der Waals surface area contributed by atoms with Crippen LogP contribution < -0.4 is 0 Å². The molecule has 0 spiro atoms. The number of rotatable bonds is 10. The third-order valence-corrected chi connectivity index (χ3v) is 20.5. The summed E-state index contributed by atoms with van der Waals surface area (Å²) in [7, 11) is 0. The second kappa shape index (κ2) is 10.6. The van der Waals surface area contributed by atoms with E-state index in [1.807, 2.05) is 0 Å². The van der Waals surface area contributed by atoms with Gasteiger partial charge >= 0.3 is 130 Å². The predicted octanol–water partition coefficient (Wildman–Crippen LogP) is 6.79. The summed E-state index contributed by atoms with van der Waals surface area (Å²) in [5.41, 5.74) is 0. The van der Waals surface area contributed by atoms with Crippen LogP contribution in [-0.2, 0) is 0 Å². The Labute approximate surface area is 130 Å². The molecule has 0 unspecified atom stereocenters. The number of hydrogen-bond donors (Lipinski definition) is 0. The minimum atomic E-state index is -1.95. The van der Waals surface area contributed by atoms with Crippen molar-refractivity contribution < 1.29 is 0 Å². The Morgan fingerprint density at radius 1 is 0.947 bits per heavy atom. The van der Waals surface area contributed by atoms with E-state index in [2.05, 4.69) is 36.6 Å². The first-order valence-electron chi connectivity index (χ1n) is 8.61. The molecule has 0 radical (unpaired) electrons. The summed E-state index contributed by atoms with van der Waals surface area (Å²) in [5.74, 6) is 1.39. The standard InChI is InChI=1S/C5H7S.3C4H9.Sn/c1-5-3-2-4-6-5;3*1-3-4-2;/h1H,2-4H2;3*1,3-4H2,2H3;. The normalized spacial score (nSPS) is 18.4. The zero-order valence-electron chi connectivity index (χ0n) is 13.5. The van der Waals surface area contributed by atoms with E-state index in [4.69, 9.17) is 0 Å². The predicted molar refractivity (Wildman–Crippen MR) is 94.7 cm³/mol. The van der Waals surface area contributed by atoms with Gasteiger partial charge in [0, 0.05) is 0 Å². The van der Waals surface area contributed by atoms with Crippen molar-refractivity contribution >= 4 is 30.1 Å². The monoisotopic (exact) mass is 390 g/mol. The Balaban J connectivity index is 2.76. The van der Waals surface area contributed by atoms with Crippen LogP contribution in [0.5, 0.6) is 0 Å². The molecule has 0 saturated carbocycles. The van der Waals surface area contributed by atoms with Crippen molar-refractivity contribution in [3.63, 3.8) is 0 Å². The average molecular weight is 389 g/mol. The minimum absolute atomic E-state index is 1.39. The topological polar surface area (TPSA) is 0 Å². The Kier molecular flexibility index (Phi) is 10.0. The molecular formula is C17H34SSn. The summed E-state index contributed by atoms with van der Waals surface area (Å²) < 4.78 is 7.84. The van der Waals surface area contributed by atoms with Crippen molar-refractivity contribution in [2.24, 2.45) is 0 Å². The van der Waals surface area contributed by atoms with Crippen molar-refractivity contribution in [1.29, 1.82) is 0 Å². The molecule has 0 atom stereocenters. The van der Waals surface area contributed by atoms with Gasteiger partial charge in [-0.05, 0) is 0 Å². The van der Waals surface area contributed by atoms with Gasteiger partial charge in [-0.15, -0.1) is 0 Å². The van der Waals surface area contributed by atoms with Gasteiger partial charge in [-0.2, -0.15) is 0 Å². The van der Waals surface area contributed by atoms with Crippen molar-refractivity contribution in [3.8, 4) is 0 Å². The van der Waals surface area contributed by atoms with Crippen LogP contribution in [0.4, 0.5) is 0 Å². The van der Waals surface area contributed by atoms with Crippen molar-refractivity contribution in [3.05, 3.63) is 9.00 Å². The average Bonchev–Trinajstić information content (AvgIpc) is 2.93. The molecule has 1 aliphatic rings. The fourth-order valence-corrected chi connectivity index (χ4v) is 21.3. The van der Waals surface area contributed by atoms with Gasteiger partial charge in [0.25, 0.3) is 0 Å². The fourth-order valence-electron chi connectivity index (χ4n) is 3.16. The molecule has 1 aliphatic heterocycles. The van der Waals surface area contributed by atoms with E-state index >= 15 is 0 Å². The van der Waals surface area contributed by atoms with Gasteiger partial charge in [-0.1, -0.05) is 0 Å². The van der Waals surface area contributed by atoms with Crippen molar-refractivity contribution in [2.45, 2.75) is 85.4 Å². The van der Waals surface area contributed by atoms with Crippen LogP contribution in [0.3, 0.4) is 0 Å². The van der Waals surface area contributed by atoms with Gasteiger partial charge in [0.2, 0.25) is 0 Å². The Hall–Kier alpha value is 0.889. The zero-order valence-corrected chi connectivity index (χ0v) is 17.1. The molecule has 0 N–H and O–H groups in total. The Bertz CT molecular complexity index is 230. The molecule has 1 rings (SSSR count). The first-order valence-corrected chi connectivity index (χ1v) is 17.3. The van der Waals surface area contributed by atoms with E-state index in [1.165, 1.54) is 57.1 Å². The van der Waals surface area contributed by atoms with Crippen molar-refractivity contribution in [1.82, 2.24) is 0 Å². The second-order valence-electron chi connectivity index (χ2n) is 6.24. The molecule has 1 saturated heterocycles. The molecule has 19 heavy (non-hydrogen) atoms. The molecule has 0 bridgehead atoms. The molecule has 0 aliphatic carbocycles. The number of hydrogen-bond acceptors (Lipinski definition) is 1. The Morgan fingerprint density at radius 2 is 1.47 bits per heavy atom. The molecular weight excluding hydrogens is 355 g/mol. The van der Waals surface area contributed by atoms with E-state index in [0.29, 0.717) is 0 Å². The first-order chi connectivity index (χ1) is 9.26. The number of thioether (sulfide) groups is 1. The molecule has 0 aromatic rings. The van der Waals surface area contributed by atoms with Gasteiger partial charge in [-0.3, -0.25) is 0 Å². The molecule has 2 heteroatoms. The van der Waals surface area contributed by atoms with Gasteiger partial charge in [0.1, 0.15) is 0 Å². The van der Waals surface area contributed by atoms with Crippen LogP contribution in [0, 0.1) is 0 Å². The maximum atomic E-state index is 2.94. The van der Waals surface area contributed by atoms with Gasteiger partial charge in [-0.25, -0.2) is 0 Å². The van der Waals surface area contributed by atoms with Gasteiger partial charge in [0.05, 0.1) is 0 Å². The SMILES string of the molecule is CCC[CH2][Sn](/[CH]=C1/CCCS1)([CH2]CCC)[CH2]CCC. The summed E-state index contributed by atoms with van der Waals surface area (Å²) in [5, 5.41) is 0. The van der Waals surface area contributed by atoms with Crippen LogP contribution in [0.1, 0.15) is 72.1 Å². The van der Waals surface area contributed by atoms with Crippen LogP contribution in [0.15, 0.2) is 9.00 Å². The molecule has 0 aromatic heterocycles. The van der Waals surface area contributed by atoms with Crippen LogP contribution in [0.2, 0.25) is 13.3 Å². The van der Waals surface area contributed by atoms with E-state index in [-0.39, 0.29) is 0 Å². The van der Waals surface area contributed by atoms with Crippen molar-refractivity contribution in [2.75, 3.05) is 5.75 Å². The van der Waals surface area contributed by atoms with Crippen LogP contribution >= 0.6 is 11.8 Å². The van der Waals surface area contributed by atoms with Gasteiger partial charge in [0.15, 0.2) is 0 Å². The number of unbranched alkanes of at least 4 members (excludes halogenated alkanes) is 3. The molecule has 0 nitrogen and oxygen atoms in total. The second-order valence-corrected chi connectivity index (χ2v) is 20.3. The van der Waals surface area contributed by atoms with E-state index < -0.39 is 18.4 Å². The third kappa shape index (κ3) is 6.93. The van der Waals surface area contributed by atoms with E-state index in [1.54, 1.807) is 18.2 Å². The molecule has 0 aromatic carbocycles. The fraction of sp³-hybridized carbons (Fsp3) is 0.882. The summed E-state index contributed by atoms with van der Waals surface area (Å²) in [6, 6.07) is 0.